The van der Waals surface area contributed by atoms with Gasteiger partial charge in [0.15, 0.2) is 5.78 Å². The van der Waals surface area contributed by atoms with Crippen molar-refractivity contribution in [3.63, 3.8) is 0 Å². The molecule has 0 aliphatic carbocycles. The Bertz CT molecular complexity index is 395. The number of carbonyl (C=O) groups is 1. The standard InChI is InChI=1S/C8H8N2O2S/c1-4(11)6-2-5-8(13-6)12-3-7(9)10-5/h2H,3H2,1H3,(H2,9,10). The summed E-state index contributed by atoms with van der Waals surface area (Å²) in [6.07, 6.45) is 0. The number of ketones is 1. The highest BCUT2D eigenvalue weighted by Crippen LogP contribution is 2.39. The van der Waals surface area contributed by atoms with Crippen LogP contribution in [-0.4, -0.2) is 18.2 Å². The molecule has 0 radical (unpaired) electrons. The quantitative estimate of drug-likeness (QED) is 0.689. The van der Waals surface area contributed by atoms with Crippen LogP contribution in [0.2, 0.25) is 0 Å². The normalized spacial score (nSPS) is 14.4. The third-order valence-corrected chi connectivity index (χ3v) is 2.78. The van der Waals surface area contributed by atoms with Crippen LogP contribution in [0.1, 0.15) is 16.6 Å². The summed E-state index contributed by atoms with van der Waals surface area (Å²) in [7, 11) is 0. The Morgan fingerprint density at radius 2 is 2.54 bits per heavy atom. The Morgan fingerprint density at radius 3 is 3.23 bits per heavy atom. The zero-order valence-electron chi connectivity index (χ0n) is 7.03. The number of nitrogens with two attached hydrogens (primary N) is 1. The number of Topliss-reactive ketones (excluding diaryl/α,β-unsaturated/α-hetero) is 1. The second kappa shape index (κ2) is 2.85. The molecule has 0 aromatic carbocycles. The summed E-state index contributed by atoms with van der Waals surface area (Å²) in [4.78, 5) is 15.8. The van der Waals surface area contributed by atoms with E-state index in [0.717, 1.165) is 0 Å². The zero-order valence-corrected chi connectivity index (χ0v) is 7.85. The van der Waals surface area contributed by atoms with Gasteiger partial charge in [0.2, 0.25) is 5.06 Å². The van der Waals surface area contributed by atoms with Gasteiger partial charge in [0, 0.05) is 0 Å². The van der Waals surface area contributed by atoms with Crippen molar-refractivity contribution in [1.29, 1.82) is 0 Å². The number of ether oxygens (including phenoxy) is 1. The number of hydrogen-bond acceptors (Lipinski definition) is 5. The number of fused-ring (bicyclic) bond motifs is 1. The summed E-state index contributed by atoms with van der Waals surface area (Å²) in [5.41, 5.74) is 6.15. The first-order valence-electron chi connectivity index (χ1n) is 3.77. The average molecular weight is 196 g/mol. The maximum Gasteiger partial charge on any atom is 0.201 e. The van der Waals surface area contributed by atoms with Crippen LogP contribution >= 0.6 is 11.3 Å². The predicted molar refractivity (Wildman–Crippen MR) is 51.1 cm³/mol. The number of carbonyl (C=O) groups excluding carboxylic acids is 1. The summed E-state index contributed by atoms with van der Waals surface area (Å²) < 4.78 is 5.28. The van der Waals surface area contributed by atoms with Crippen molar-refractivity contribution in [3.8, 4) is 5.06 Å². The van der Waals surface area contributed by atoms with Gasteiger partial charge in [0.05, 0.1) is 4.88 Å². The molecule has 0 amide bonds. The Kier molecular flexibility index (Phi) is 1.81. The van der Waals surface area contributed by atoms with E-state index in [1.165, 1.54) is 18.3 Å². The van der Waals surface area contributed by atoms with E-state index in [4.69, 9.17) is 10.5 Å². The molecule has 0 bridgehead atoms. The van der Waals surface area contributed by atoms with Crippen molar-refractivity contribution < 1.29 is 9.53 Å². The van der Waals surface area contributed by atoms with Gasteiger partial charge in [-0.2, -0.15) is 0 Å². The van der Waals surface area contributed by atoms with Crippen LogP contribution in [0.3, 0.4) is 0 Å². The molecular formula is C8H8N2O2S. The lowest BCUT2D eigenvalue weighted by molar-refractivity contribution is 0.102. The van der Waals surface area contributed by atoms with Gasteiger partial charge in [-0.3, -0.25) is 4.79 Å². The van der Waals surface area contributed by atoms with E-state index in [1.54, 1.807) is 6.07 Å². The molecule has 0 atom stereocenters. The van der Waals surface area contributed by atoms with Crippen LogP contribution in [0.5, 0.6) is 5.06 Å². The molecule has 5 heteroatoms. The Hall–Kier alpha value is -1.36. The number of thiophene rings is 1. The van der Waals surface area contributed by atoms with Gasteiger partial charge in [-0.05, 0) is 13.0 Å². The Balaban J connectivity index is 2.46. The fraction of sp³-hybridized carbons (Fsp3) is 0.250. The minimum Gasteiger partial charge on any atom is -0.474 e. The highest BCUT2D eigenvalue weighted by molar-refractivity contribution is 7.16. The molecule has 0 saturated carbocycles. The average Bonchev–Trinajstić information content (AvgIpc) is 2.46. The van der Waals surface area contributed by atoms with Crippen LogP contribution in [0, 0.1) is 0 Å². The van der Waals surface area contributed by atoms with Gasteiger partial charge in [-0.25, -0.2) is 4.99 Å². The van der Waals surface area contributed by atoms with Crippen LogP contribution in [0.25, 0.3) is 0 Å². The molecule has 2 N–H and O–H groups in total. The van der Waals surface area contributed by atoms with Crippen molar-refractivity contribution in [3.05, 3.63) is 10.9 Å². The smallest absolute Gasteiger partial charge is 0.201 e. The van der Waals surface area contributed by atoms with E-state index in [0.29, 0.717) is 28.1 Å². The van der Waals surface area contributed by atoms with Gasteiger partial charge < -0.3 is 10.5 Å². The van der Waals surface area contributed by atoms with E-state index in [1.807, 2.05) is 0 Å². The Labute approximate surface area is 79.0 Å². The first-order chi connectivity index (χ1) is 6.16. The molecule has 1 aliphatic rings. The number of nitrogens with zero attached hydrogens (tertiary/aromatic N) is 1. The van der Waals surface area contributed by atoms with Crippen LogP contribution in [-0.2, 0) is 0 Å². The van der Waals surface area contributed by atoms with Crippen LogP contribution < -0.4 is 10.5 Å². The molecule has 2 rings (SSSR count). The minimum absolute atomic E-state index is 0.0248. The SMILES string of the molecule is CC(=O)c1cc2c(s1)OCC(N)=N2. The fourth-order valence-electron chi connectivity index (χ4n) is 1.05. The molecule has 68 valence electrons. The van der Waals surface area contributed by atoms with Crippen molar-refractivity contribution in [2.45, 2.75) is 6.92 Å². The largest absolute Gasteiger partial charge is 0.474 e. The first kappa shape index (κ1) is 8.25. The fourth-order valence-corrected chi connectivity index (χ4v) is 1.89. The molecule has 0 fully saturated rings. The molecule has 13 heavy (non-hydrogen) atoms. The van der Waals surface area contributed by atoms with Crippen molar-refractivity contribution >= 4 is 28.6 Å². The lowest BCUT2D eigenvalue weighted by atomic mass is 10.3. The van der Waals surface area contributed by atoms with Gasteiger partial charge in [-0.15, -0.1) is 0 Å². The number of aliphatic imine (C=N–C) groups is 1. The second-order valence-electron chi connectivity index (χ2n) is 2.73. The van der Waals surface area contributed by atoms with E-state index in [2.05, 4.69) is 4.99 Å². The maximum absolute atomic E-state index is 11.0. The molecule has 1 aliphatic heterocycles. The Morgan fingerprint density at radius 1 is 1.77 bits per heavy atom. The van der Waals surface area contributed by atoms with Crippen molar-refractivity contribution in [2.75, 3.05) is 6.61 Å². The highest BCUT2D eigenvalue weighted by atomic mass is 32.1. The lowest BCUT2D eigenvalue weighted by Gasteiger charge is -2.08. The summed E-state index contributed by atoms with van der Waals surface area (Å²) in [6.45, 7) is 1.83. The van der Waals surface area contributed by atoms with Gasteiger partial charge in [0.25, 0.3) is 0 Å². The molecule has 0 unspecified atom stereocenters. The van der Waals surface area contributed by atoms with E-state index < -0.39 is 0 Å². The molecule has 1 aromatic heterocycles. The molecule has 1 aromatic rings. The number of amidine groups is 1. The van der Waals surface area contributed by atoms with E-state index >= 15 is 0 Å². The minimum atomic E-state index is 0.0248. The number of rotatable bonds is 1. The molecule has 4 nitrogen and oxygen atoms in total. The second-order valence-corrected chi connectivity index (χ2v) is 3.75. The topological polar surface area (TPSA) is 64.7 Å². The summed E-state index contributed by atoms with van der Waals surface area (Å²) >= 11 is 1.31. The number of hydrogen-bond donors (Lipinski definition) is 1. The molecule has 2 heterocycles. The van der Waals surface area contributed by atoms with Gasteiger partial charge in [0.1, 0.15) is 18.1 Å². The first-order valence-corrected chi connectivity index (χ1v) is 4.59. The maximum atomic E-state index is 11.0. The van der Waals surface area contributed by atoms with Crippen molar-refractivity contribution in [1.82, 2.24) is 0 Å². The van der Waals surface area contributed by atoms with Gasteiger partial charge >= 0.3 is 0 Å². The van der Waals surface area contributed by atoms with Gasteiger partial charge in [-0.1, -0.05) is 11.3 Å². The molecule has 0 saturated heterocycles. The third-order valence-electron chi connectivity index (χ3n) is 1.64. The monoisotopic (exact) mass is 196 g/mol. The summed E-state index contributed by atoms with van der Waals surface area (Å²) in [6, 6.07) is 1.70. The summed E-state index contributed by atoms with van der Waals surface area (Å²) in [5.74, 6) is 0.470. The van der Waals surface area contributed by atoms with E-state index in [9.17, 15) is 4.79 Å². The predicted octanol–water partition coefficient (Wildman–Crippen LogP) is 1.33. The zero-order chi connectivity index (χ0) is 9.42. The van der Waals surface area contributed by atoms with E-state index in [-0.39, 0.29) is 5.78 Å². The summed E-state index contributed by atoms with van der Waals surface area (Å²) in [5, 5.41) is 0.680. The highest BCUT2D eigenvalue weighted by Gasteiger charge is 2.16. The van der Waals surface area contributed by atoms with Crippen molar-refractivity contribution in [2.24, 2.45) is 10.7 Å². The van der Waals surface area contributed by atoms with Crippen LogP contribution in [0.4, 0.5) is 5.69 Å². The lowest BCUT2D eigenvalue weighted by Crippen LogP contribution is -2.22. The molecular weight excluding hydrogens is 188 g/mol. The van der Waals surface area contributed by atoms with Crippen LogP contribution in [0.15, 0.2) is 11.1 Å². The molecule has 0 spiro atoms. The third kappa shape index (κ3) is 1.42.